The van der Waals surface area contributed by atoms with Crippen LogP contribution in [-0.4, -0.2) is 24.8 Å². The highest BCUT2D eigenvalue weighted by molar-refractivity contribution is 6.53. The van der Waals surface area contributed by atoms with Crippen LogP contribution in [0.15, 0.2) is 114 Å². The van der Waals surface area contributed by atoms with Crippen molar-refractivity contribution in [3.8, 4) is 17.2 Å². The SMILES string of the molecule is COc1ccc(N2C(=O)C(Cl)=C(Nc3ccc(C(=O)Nc4ccc(Oc5ccccc5)cc4)cc3)C2=O)cc1. The van der Waals surface area contributed by atoms with Gasteiger partial charge in [0, 0.05) is 16.9 Å². The quantitative estimate of drug-likeness (QED) is 0.260. The van der Waals surface area contributed by atoms with E-state index in [1.165, 1.54) is 7.11 Å². The molecule has 39 heavy (non-hydrogen) atoms. The fraction of sp³-hybridized carbons (Fsp3) is 0.0333. The second-order valence-electron chi connectivity index (χ2n) is 8.43. The van der Waals surface area contributed by atoms with Crippen molar-refractivity contribution in [3.63, 3.8) is 0 Å². The fourth-order valence-corrected chi connectivity index (χ4v) is 4.07. The number of ether oxygens (including phenoxy) is 2. The summed E-state index contributed by atoms with van der Waals surface area (Å²) < 4.78 is 10.9. The van der Waals surface area contributed by atoms with E-state index in [1.54, 1.807) is 72.8 Å². The lowest BCUT2D eigenvalue weighted by atomic mass is 10.2. The van der Waals surface area contributed by atoms with Crippen LogP contribution in [0.4, 0.5) is 17.1 Å². The molecule has 0 spiro atoms. The molecule has 0 fully saturated rings. The van der Waals surface area contributed by atoms with Gasteiger partial charge in [0.1, 0.15) is 28.0 Å². The Labute approximate surface area is 229 Å². The molecule has 194 valence electrons. The van der Waals surface area contributed by atoms with Crippen LogP contribution < -0.4 is 25.0 Å². The van der Waals surface area contributed by atoms with Crippen LogP contribution >= 0.6 is 11.6 Å². The number of hydrogen-bond acceptors (Lipinski definition) is 6. The first kappa shape index (κ1) is 25.6. The van der Waals surface area contributed by atoms with Gasteiger partial charge in [-0.15, -0.1) is 0 Å². The molecule has 1 heterocycles. The smallest absolute Gasteiger partial charge is 0.283 e. The van der Waals surface area contributed by atoms with Gasteiger partial charge in [-0.3, -0.25) is 14.4 Å². The minimum absolute atomic E-state index is 0.0486. The number of amides is 3. The second-order valence-corrected chi connectivity index (χ2v) is 8.81. The topological polar surface area (TPSA) is 97.0 Å². The van der Waals surface area contributed by atoms with E-state index >= 15 is 0 Å². The molecule has 8 nitrogen and oxygen atoms in total. The Kier molecular flexibility index (Phi) is 7.29. The van der Waals surface area contributed by atoms with Gasteiger partial charge in [-0.1, -0.05) is 29.8 Å². The summed E-state index contributed by atoms with van der Waals surface area (Å²) in [6.45, 7) is 0. The van der Waals surface area contributed by atoms with E-state index in [1.807, 2.05) is 30.3 Å². The van der Waals surface area contributed by atoms with Crippen molar-refractivity contribution in [1.29, 1.82) is 0 Å². The molecule has 2 N–H and O–H groups in total. The lowest BCUT2D eigenvalue weighted by Crippen LogP contribution is -2.32. The van der Waals surface area contributed by atoms with E-state index in [4.69, 9.17) is 21.1 Å². The Balaban J connectivity index is 1.21. The van der Waals surface area contributed by atoms with Crippen molar-refractivity contribution < 1.29 is 23.9 Å². The van der Waals surface area contributed by atoms with Crippen molar-refractivity contribution in [2.45, 2.75) is 0 Å². The number of nitrogens with one attached hydrogen (secondary N) is 2. The van der Waals surface area contributed by atoms with Crippen molar-refractivity contribution in [2.24, 2.45) is 0 Å². The summed E-state index contributed by atoms with van der Waals surface area (Å²) in [5.41, 5.74) is 1.81. The van der Waals surface area contributed by atoms with Crippen LogP contribution in [0.1, 0.15) is 10.4 Å². The van der Waals surface area contributed by atoms with Crippen molar-refractivity contribution >= 4 is 46.4 Å². The minimum atomic E-state index is -0.634. The largest absolute Gasteiger partial charge is 0.497 e. The standard InChI is InChI=1S/C30H22ClN3O5/c1-38-23-17-13-22(14-18-23)34-29(36)26(31)27(30(34)37)32-20-9-7-19(8-10-20)28(35)33-21-11-15-25(16-12-21)39-24-5-3-2-4-6-24/h2-18,32H,1H3,(H,33,35). The van der Waals surface area contributed by atoms with Crippen molar-refractivity contribution in [3.05, 3.63) is 119 Å². The Hall–Kier alpha value is -5.08. The predicted molar refractivity (Wildman–Crippen MR) is 149 cm³/mol. The molecule has 4 aromatic rings. The van der Waals surface area contributed by atoms with E-state index in [0.717, 1.165) is 10.6 Å². The van der Waals surface area contributed by atoms with Gasteiger partial charge in [-0.05, 0) is 84.9 Å². The molecular formula is C30H22ClN3O5. The highest BCUT2D eigenvalue weighted by Gasteiger charge is 2.39. The van der Waals surface area contributed by atoms with E-state index in [2.05, 4.69) is 10.6 Å². The Morgan fingerprint density at radius 1 is 0.718 bits per heavy atom. The number of benzene rings is 4. The van der Waals surface area contributed by atoms with E-state index < -0.39 is 11.8 Å². The van der Waals surface area contributed by atoms with Gasteiger partial charge in [0.2, 0.25) is 0 Å². The number of carbonyl (C=O) groups excluding carboxylic acids is 3. The van der Waals surface area contributed by atoms with Gasteiger partial charge >= 0.3 is 0 Å². The van der Waals surface area contributed by atoms with Gasteiger partial charge in [0.25, 0.3) is 17.7 Å². The highest BCUT2D eigenvalue weighted by Crippen LogP contribution is 2.31. The normalized spacial score (nSPS) is 12.9. The number of anilines is 3. The molecule has 0 bridgehead atoms. The van der Waals surface area contributed by atoms with Gasteiger partial charge in [0.05, 0.1) is 12.8 Å². The molecule has 0 saturated carbocycles. The Morgan fingerprint density at radius 2 is 1.31 bits per heavy atom. The monoisotopic (exact) mass is 539 g/mol. The number of nitrogens with zero attached hydrogens (tertiary/aromatic N) is 1. The van der Waals surface area contributed by atoms with E-state index in [9.17, 15) is 14.4 Å². The third-order valence-electron chi connectivity index (χ3n) is 5.87. The molecule has 3 amide bonds. The van der Waals surface area contributed by atoms with Gasteiger partial charge in [0.15, 0.2) is 0 Å². The summed E-state index contributed by atoms with van der Waals surface area (Å²) in [5.74, 6) is 0.425. The Morgan fingerprint density at radius 3 is 1.95 bits per heavy atom. The maximum absolute atomic E-state index is 13.0. The molecule has 5 rings (SSSR count). The molecule has 0 atom stereocenters. The zero-order valence-corrected chi connectivity index (χ0v) is 21.4. The van der Waals surface area contributed by atoms with Crippen molar-refractivity contribution in [2.75, 3.05) is 22.6 Å². The number of para-hydroxylation sites is 1. The number of halogens is 1. The summed E-state index contributed by atoms with van der Waals surface area (Å²) in [6.07, 6.45) is 0. The van der Waals surface area contributed by atoms with E-state index in [0.29, 0.717) is 34.1 Å². The van der Waals surface area contributed by atoms with Gasteiger partial charge in [-0.25, -0.2) is 4.90 Å². The van der Waals surface area contributed by atoms with Crippen LogP contribution in [0.5, 0.6) is 17.2 Å². The molecule has 0 aromatic heterocycles. The summed E-state index contributed by atoms with van der Waals surface area (Å²) in [7, 11) is 1.52. The lowest BCUT2D eigenvalue weighted by molar-refractivity contribution is -0.120. The third kappa shape index (κ3) is 5.61. The number of methoxy groups -OCH3 is 1. The predicted octanol–water partition coefficient (Wildman–Crippen LogP) is 6.18. The highest BCUT2D eigenvalue weighted by atomic mass is 35.5. The number of imide groups is 1. The lowest BCUT2D eigenvalue weighted by Gasteiger charge is -2.15. The maximum atomic E-state index is 13.0. The molecule has 9 heteroatoms. The van der Waals surface area contributed by atoms with Crippen LogP contribution in [0.25, 0.3) is 0 Å². The van der Waals surface area contributed by atoms with Gasteiger partial charge in [-0.2, -0.15) is 0 Å². The molecule has 1 aliphatic heterocycles. The van der Waals surface area contributed by atoms with Crippen molar-refractivity contribution in [1.82, 2.24) is 0 Å². The van der Waals surface area contributed by atoms with Gasteiger partial charge < -0.3 is 20.1 Å². The summed E-state index contributed by atoms with van der Waals surface area (Å²) in [6, 6.07) is 29.4. The average Bonchev–Trinajstić information content (AvgIpc) is 3.18. The summed E-state index contributed by atoms with van der Waals surface area (Å²) in [5, 5.41) is 5.51. The number of hydrogen-bond donors (Lipinski definition) is 2. The number of carbonyl (C=O) groups is 3. The molecule has 1 aliphatic rings. The maximum Gasteiger partial charge on any atom is 0.283 e. The molecule has 0 radical (unpaired) electrons. The average molecular weight is 540 g/mol. The third-order valence-corrected chi connectivity index (χ3v) is 6.22. The zero-order chi connectivity index (χ0) is 27.4. The summed E-state index contributed by atoms with van der Waals surface area (Å²) >= 11 is 6.21. The Bertz CT molecular complexity index is 1550. The molecular weight excluding hydrogens is 518 g/mol. The molecule has 0 saturated heterocycles. The first-order valence-electron chi connectivity index (χ1n) is 11.9. The fourth-order valence-electron chi connectivity index (χ4n) is 3.86. The minimum Gasteiger partial charge on any atom is -0.497 e. The van der Waals surface area contributed by atoms with Crippen LogP contribution in [0.3, 0.4) is 0 Å². The molecule has 4 aromatic carbocycles. The molecule has 0 aliphatic carbocycles. The van der Waals surface area contributed by atoms with Crippen LogP contribution in [0, 0.1) is 0 Å². The first-order chi connectivity index (χ1) is 18.9. The second kappa shape index (κ2) is 11.1. The molecule has 0 unspecified atom stereocenters. The first-order valence-corrected chi connectivity index (χ1v) is 12.2. The summed E-state index contributed by atoms with van der Waals surface area (Å²) in [4.78, 5) is 39.4. The zero-order valence-electron chi connectivity index (χ0n) is 20.7. The van der Waals surface area contributed by atoms with Crippen LogP contribution in [-0.2, 0) is 9.59 Å². The van der Waals surface area contributed by atoms with Crippen LogP contribution in [0.2, 0.25) is 0 Å². The number of rotatable bonds is 8. The van der Waals surface area contributed by atoms with E-state index in [-0.39, 0.29) is 16.6 Å².